The van der Waals surface area contributed by atoms with Gasteiger partial charge >= 0.3 is 5.97 Å². The molecule has 0 aliphatic rings. The summed E-state index contributed by atoms with van der Waals surface area (Å²) >= 11 is 5.66. The maximum absolute atomic E-state index is 12.2. The van der Waals surface area contributed by atoms with Gasteiger partial charge in [-0.3, -0.25) is 14.9 Å². The van der Waals surface area contributed by atoms with Gasteiger partial charge in [0.15, 0.2) is 4.90 Å². The smallest absolute Gasteiger partial charge is 0.304 e. The van der Waals surface area contributed by atoms with E-state index in [1.807, 2.05) is 0 Å². The van der Waals surface area contributed by atoms with Crippen molar-refractivity contribution in [3.63, 3.8) is 0 Å². The SMILES string of the molecule is CN(CCC(=O)O)S(=O)(=O)c1cc(Cl)ccc1[N+](=O)[O-]. The Kier molecular flexibility index (Phi) is 5.03. The van der Waals surface area contributed by atoms with Crippen molar-refractivity contribution in [1.82, 2.24) is 4.31 Å². The molecule has 0 saturated heterocycles. The zero-order chi connectivity index (χ0) is 15.5. The summed E-state index contributed by atoms with van der Waals surface area (Å²) in [5.74, 6) is -1.17. The van der Waals surface area contributed by atoms with Gasteiger partial charge < -0.3 is 5.11 Å². The van der Waals surface area contributed by atoms with Gasteiger partial charge in [0.05, 0.1) is 11.3 Å². The van der Waals surface area contributed by atoms with Crippen LogP contribution >= 0.6 is 11.6 Å². The van der Waals surface area contributed by atoms with Gasteiger partial charge in [-0.05, 0) is 12.1 Å². The van der Waals surface area contributed by atoms with Crippen molar-refractivity contribution >= 4 is 33.3 Å². The lowest BCUT2D eigenvalue weighted by Gasteiger charge is -2.16. The summed E-state index contributed by atoms with van der Waals surface area (Å²) in [6.07, 6.45) is -0.413. The zero-order valence-electron chi connectivity index (χ0n) is 10.3. The molecule has 10 heteroatoms. The number of sulfonamides is 1. The summed E-state index contributed by atoms with van der Waals surface area (Å²) in [5.41, 5.74) is -0.614. The van der Waals surface area contributed by atoms with Crippen LogP contribution in [-0.4, -0.2) is 42.3 Å². The number of aliphatic carboxylic acids is 1. The van der Waals surface area contributed by atoms with Crippen LogP contribution in [0.25, 0.3) is 0 Å². The van der Waals surface area contributed by atoms with Gasteiger partial charge in [-0.1, -0.05) is 11.6 Å². The minimum atomic E-state index is -4.19. The molecular formula is C10H11ClN2O6S. The van der Waals surface area contributed by atoms with Crippen LogP contribution < -0.4 is 0 Å². The summed E-state index contributed by atoms with van der Waals surface area (Å²) in [6, 6.07) is 3.16. The Hall–Kier alpha value is -1.71. The molecule has 0 spiro atoms. The summed E-state index contributed by atoms with van der Waals surface area (Å²) in [4.78, 5) is 19.9. The molecule has 0 atom stereocenters. The second-order valence-electron chi connectivity index (χ2n) is 3.84. The first-order valence-corrected chi connectivity index (χ1v) is 7.10. The number of nitrogens with zero attached hydrogens (tertiary/aromatic N) is 2. The minimum Gasteiger partial charge on any atom is -0.481 e. The topological polar surface area (TPSA) is 118 Å². The molecule has 0 heterocycles. The first-order valence-electron chi connectivity index (χ1n) is 5.28. The summed E-state index contributed by atoms with van der Waals surface area (Å²) in [6.45, 7) is -0.304. The number of halogens is 1. The third kappa shape index (κ3) is 3.65. The number of rotatable bonds is 6. The number of benzene rings is 1. The van der Waals surface area contributed by atoms with E-state index in [-0.39, 0.29) is 11.6 Å². The highest BCUT2D eigenvalue weighted by Gasteiger charge is 2.29. The zero-order valence-corrected chi connectivity index (χ0v) is 11.9. The van der Waals surface area contributed by atoms with E-state index in [0.717, 1.165) is 23.5 Å². The summed E-state index contributed by atoms with van der Waals surface area (Å²) in [7, 11) is -3.05. The van der Waals surface area contributed by atoms with E-state index >= 15 is 0 Å². The van der Waals surface area contributed by atoms with E-state index in [0.29, 0.717) is 0 Å². The maximum Gasteiger partial charge on any atom is 0.304 e. The van der Waals surface area contributed by atoms with Crippen LogP contribution in [-0.2, 0) is 14.8 Å². The minimum absolute atomic E-state index is 0.0285. The molecule has 1 N–H and O–H groups in total. The highest BCUT2D eigenvalue weighted by Crippen LogP contribution is 2.29. The van der Waals surface area contributed by atoms with Crippen molar-refractivity contribution < 1.29 is 23.2 Å². The number of nitro groups is 1. The first-order chi connectivity index (χ1) is 9.16. The van der Waals surface area contributed by atoms with Gasteiger partial charge in [0.2, 0.25) is 10.0 Å². The Morgan fingerprint density at radius 3 is 2.60 bits per heavy atom. The lowest BCUT2D eigenvalue weighted by molar-refractivity contribution is -0.387. The fourth-order valence-electron chi connectivity index (χ4n) is 1.39. The molecule has 110 valence electrons. The Balaban J connectivity index is 3.24. The average Bonchev–Trinajstić information content (AvgIpc) is 2.35. The van der Waals surface area contributed by atoms with Crippen LogP contribution in [0.4, 0.5) is 5.69 Å². The molecule has 1 aromatic carbocycles. The average molecular weight is 323 g/mol. The molecule has 8 nitrogen and oxygen atoms in total. The molecule has 1 aromatic rings. The van der Waals surface area contributed by atoms with Crippen molar-refractivity contribution in [3.05, 3.63) is 33.3 Å². The van der Waals surface area contributed by atoms with Crippen molar-refractivity contribution in [3.8, 4) is 0 Å². The number of nitro benzene ring substituents is 1. The molecule has 20 heavy (non-hydrogen) atoms. The lowest BCUT2D eigenvalue weighted by atomic mass is 10.3. The third-order valence-electron chi connectivity index (χ3n) is 2.45. The van der Waals surface area contributed by atoms with E-state index in [4.69, 9.17) is 16.7 Å². The Morgan fingerprint density at radius 1 is 1.50 bits per heavy atom. The van der Waals surface area contributed by atoms with E-state index in [1.165, 1.54) is 6.07 Å². The van der Waals surface area contributed by atoms with Gasteiger partial charge in [0, 0.05) is 24.7 Å². The molecule has 0 radical (unpaired) electrons. The Morgan fingerprint density at radius 2 is 2.10 bits per heavy atom. The number of hydrogen-bond acceptors (Lipinski definition) is 5. The standard InChI is InChI=1S/C10H11ClN2O6S/c1-12(5-4-10(14)15)20(18,19)9-6-7(11)2-3-8(9)13(16)17/h2-3,6H,4-5H2,1H3,(H,14,15). The van der Waals surface area contributed by atoms with Crippen LogP contribution in [0.2, 0.25) is 5.02 Å². The fourth-order valence-corrected chi connectivity index (χ4v) is 2.97. The van der Waals surface area contributed by atoms with Gasteiger partial charge in [0.1, 0.15) is 0 Å². The van der Waals surface area contributed by atoms with Crippen LogP contribution in [0.3, 0.4) is 0 Å². The lowest BCUT2D eigenvalue weighted by Crippen LogP contribution is -2.29. The fraction of sp³-hybridized carbons (Fsp3) is 0.300. The molecule has 0 amide bonds. The van der Waals surface area contributed by atoms with E-state index < -0.39 is 37.9 Å². The number of carboxylic acid groups (broad SMARTS) is 1. The van der Waals surface area contributed by atoms with E-state index in [9.17, 15) is 23.3 Å². The van der Waals surface area contributed by atoms with Crippen LogP contribution in [0, 0.1) is 10.1 Å². The van der Waals surface area contributed by atoms with Crippen LogP contribution in [0.5, 0.6) is 0 Å². The predicted molar refractivity (Wildman–Crippen MR) is 70.2 cm³/mol. The quantitative estimate of drug-likeness (QED) is 0.623. The number of carbonyl (C=O) groups is 1. The molecule has 0 unspecified atom stereocenters. The molecular weight excluding hydrogens is 312 g/mol. The van der Waals surface area contributed by atoms with Crippen LogP contribution in [0.1, 0.15) is 6.42 Å². The van der Waals surface area contributed by atoms with E-state index in [1.54, 1.807) is 0 Å². The monoisotopic (exact) mass is 322 g/mol. The third-order valence-corrected chi connectivity index (χ3v) is 4.57. The summed E-state index contributed by atoms with van der Waals surface area (Å²) in [5, 5.41) is 19.4. The largest absolute Gasteiger partial charge is 0.481 e. The van der Waals surface area contributed by atoms with Gasteiger partial charge in [-0.15, -0.1) is 0 Å². The van der Waals surface area contributed by atoms with Crippen molar-refractivity contribution in [2.45, 2.75) is 11.3 Å². The first kappa shape index (κ1) is 16.3. The molecule has 1 rings (SSSR count). The van der Waals surface area contributed by atoms with Gasteiger partial charge in [0.25, 0.3) is 5.69 Å². The Labute approximate surface area is 119 Å². The van der Waals surface area contributed by atoms with Crippen molar-refractivity contribution in [2.24, 2.45) is 0 Å². The van der Waals surface area contributed by atoms with Gasteiger partial charge in [-0.2, -0.15) is 0 Å². The highest BCUT2D eigenvalue weighted by molar-refractivity contribution is 7.89. The van der Waals surface area contributed by atoms with Crippen molar-refractivity contribution in [2.75, 3.05) is 13.6 Å². The molecule has 0 saturated carbocycles. The number of hydrogen-bond donors (Lipinski definition) is 1. The highest BCUT2D eigenvalue weighted by atomic mass is 35.5. The Bertz CT molecular complexity index is 645. The molecule has 0 aromatic heterocycles. The second kappa shape index (κ2) is 6.16. The molecule has 0 aliphatic carbocycles. The van der Waals surface area contributed by atoms with Crippen molar-refractivity contribution in [1.29, 1.82) is 0 Å². The normalized spacial score (nSPS) is 11.6. The molecule has 0 bridgehead atoms. The molecule has 0 aliphatic heterocycles. The van der Waals surface area contributed by atoms with E-state index in [2.05, 4.69) is 0 Å². The van der Waals surface area contributed by atoms with Gasteiger partial charge in [-0.25, -0.2) is 12.7 Å². The second-order valence-corrected chi connectivity index (χ2v) is 6.29. The maximum atomic E-state index is 12.2. The van der Waals surface area contributed by atoms with Crippen LogP contribution in [0.15, 0.2) is 23.1 Å². The molecule has 0 fully saturated rings. The summed E-state index contributed by atoms with van der Waals surface area (Å²) < 4.78 is 25.1. The number of carboxylic acids is 1. The predicted octanol–water partition coefficient (Wildman–Crippen LogP) is 1.34.